The first kappa shape index (κ1) is 12.0. The fourth-order valence-electron chi connectivity index (χ4n) is 1.38. The summed E-state index contributed by atoms with van der Waals surface area (Å²) in [7, 11) is 0. The minimum Gasteiger partial charge on any atom is -0.315 e. The molecule has 1 aromatic heterocycles. The van der Waals surface area contributed by atoms with E-state index in [1.807, 2.05) is 19.2 Å². The van der Waals surface area contributed by atoms with Crippen LogP contribution in [-0.4, -0.2) is 17.7 Å². The molecule has 0 radical (unpaired) electrons. The largest absolute Gasteiger partial charge is 0.315 e. The quantitative estimate of drug-likeness (QED) is 0.742. The molecule has 0 aliphatic carbocycles. The number of hydrogen-bond donors (Lipinski definition) is 1. The van der Waals surface area contributed by atoms with Crippen LogP contribution in [-0.2, 0) is 6.54 Å². The lowest BCUT2D eigenvalue weighted by molar-refractivity contribution is 0.520. The molecule has 0 aliphatic heterocycles. The second-order valence-corrected chi connectivity index (χ2v) is 4.33. The molecule has 15 heavy (non-hydrogen) atoms. The highest BCUT2D eigenvalue weighted by Crippen LogP contribution is 1.91. The van der Waals surface area contributed by atoms with Crippen molar-refractivity contribution >= 4 is 0 Å². The Bertz CT molecular complexity index is 355. The fraction of sp³-hybridized carbons (Fsp3) is 0.583. The fourth-order valence-corrected chi connectivity index (χ4v) is 1.38. The molecule has 0 bridgehead atoms. The van der Waals surface area contributed by atoms with Crippen LogP contribution in [0.5, 0.6) is 0 Å². The summed E-state index contributed by atoms with van der Waals surface area (Å²) in [6.45, 7) is 8.87. The smallest absolute Gasteiger partial charge is 0.250 e. The third-order valence-electron chi connectivity index (χ3n) is 2.23. The van der Waals surface area contributed by atoms with E-state index < -0.39 is 0 Å². The van der Waals surface area contributed by atoms with Gasteiger partial charge in [-0.3, -0.25) is 4.79 Å². The second-order valence-electron chi connectivity index (χ2n) is 4.33. The van der Waals surface area contributed by atoms with Gasteiger partial charge in [0.25, 0.3) is 5.56 Å². The zero-order valence-corrected chi connectivity index (χ0v) is 9.79. The van der Waals surface area contributed by atoms with Crippen molar-refractivity contribution in [2.45, 2.75) is 27.3 Å². The van der Waals surface area contributed by atoms with Crippen LogP contribution in [0.15, 0.2) is 23.1 Å². The molecular formula is C12H20N2O. The monoisotopic (exact) mass is 208 g/mol. The number of aryl methyl sites for hydroxylation is 1. The van der Waals surface area contributed by atoms with Crippen molar-refractivity contribution in [1.82, 2.24) is 9.88 Å². The van der Waals surface area contributed by atoms with Gasteiger partial charge < -0.3 is 9.88 Å². The highest BCUT2D eigenvalue weighted by atomic mass is 16.1. The highest BCUT2D eigenvalue weighted by Gasteiger charge is 1.96. The number of rotatable bonds is 5. The summed E-state index contributed by atoms with van der Waals surface area (Å²) in [5.41, 5.74) is 1.10. The van der Waals surface area contributed by atoms with E-state index in [1.165, 1.54) is 0 Å². The van der Waals surface area contributed by atoms with Crippen LogP contribution >= 0.6 is 0 Å². The van der Waals surface area contributed by atoms with Gasteiger partial charge in [0.15, 0.2) is 0 Å². The lowest BCUT2D eigenvalue weighted by atomic mass is 10.2. The zero-order chi connectivity index (χ0) is 11.3. The van der Waals surface area contributed by atoms with Crippen LogP contribution in [0, 0.1) is 12.8 Å². The predicted octanol–water partition coefficient (Wildman–Crippen LogP) is 1.40. The van der Waals surface area contributed by atoms with Gasteiger partial charge >= 0.3 is 0 Å². The summed E-state index contributed by atoms with van der Waals surface area (Å²) in [5.74, 6) is 0.653. The van der Waals surface area contributed by atoms with Crippen LogP contribution in [0.2, 0.25) is 0 Å². The molecule has 0 saturated heterocycles. The van der Waals surface area contributed by atoms with Crippen molar-refractivity contribution in [3.63, 3.8) is 0 Å². The molecule has 3 heteroatoms. The van der Waals surface area contributed by atoms with E-state index >= 15 is 0 Å². The molecule has 3 nitrogen and oxygen atoms in total. The molecule has 0 fully saturated rings. The normalized spacial score (nSPS) is 10.9. The number of pyridine rings is 1. The topological polar surface area (TPSA) is 34.0 Å². The van der Waals surface area contributed by atoms with E-state index in [0.717, 1.165) is 25.2 Å². The summed E-state index contributed by atoms with van der Waals surface area (Å²) < 4.78 is 1.74. The van der Waals surface area contributed by atoms with E-state index in [0.29, 0.717) is 5.92 Å². The number of hydrogen-bond acceptors (Lipinski definition) is 2. The summed E-state index contributed by atoms with van der Waals surface area (Å²) in [5, 5.41) is 3.32. The zero-order valence-electron chi connectivity index (χ0n) is 9.79. The van der Waals surface area contributed by atoms with Gasteiger partial charge in [-0.15, -0.1) is 0 Å². The second kappa shape index (κ2) is 5.71. The van der Waals surface area contributed by atoms with E-state index in [2.05, 4.69) is 19.2 Å². The van der Waals surface area contributed by atoms with Crippen molar-refractivity contribution in [2.24, 2.45) is 5.92 Å². The van der Waals surface area contributed by atoms with E-state index in [9.17, 15) is 4.79 Å². The highest BCUT2D eigenvalue weighted by molar-refractivity contribution is 5.07. The Labute approximate surface area is 91.1 Å². The average molecular weight is 208 g/mol. The molecule has 0 spiro atoms. The molecular weight excluding hydrogens is 188 g/mol. The summed E-state index contributed by atoms with van der Waals surface area (Å²) in [6, 6.07) is 3.63. The van der Waals surface area contributed by atoms with Crippen molar-refractivity contribution in [2.75, 3.05) is 13.1 Å². The van der Waals surface area contributed by atoms with Gasteiger partial charge in [-0.1, -0.05) is 13.8 Å². The lowest BCUT2D eigenvalue weighted by Crippen LogP contribution is -2.28. The first-order valence-corrected chi connectivity index (χ1v) is 5.47. The minimum atomic E-state index is 0.0846. The molecule has 0 aromatic carbocycles. The maximum atomic E-state index is 11.5. The van der Waals surface area contributed by atoms with Gasteiger partial charge in [-0.2, -0.15) is 0 Å². The van der Waals surface area contributed by atoms with Crippen molar-refractivity contribution in [3.05, 3.63) is 34.2 Å². The van der Waals surface area contributed by atoms with Crippen LogP contribution in [0.3, 0.4) is 0 Å². The summed E-state index contributed by atoms with van der Waals surface area (Å²) >= 11 is 0. The maximum Gasteiger partial charge on any atom is 0.250 e. The number of nitrogens with zero attached hydrogens (tertiary/aromatic N) is 1. The Balaban J connectivity index is 2.41. The van der Waals surface area contributed by atoms with Gasteiger partial charge in [0.2, 0.25) is 0 Å². The third-order valence-corrected chi connectivity index (χ3v) is 2.23. The minimum absolute atomic E-state index is 0.0846. The molecule has 1 heterocycles. The van der Waals surface area contributed by atoms with Gasteiger partial charge in [0.1, 0.15) is 0 Å². The average Bonchev–Trinajstić information content (AvgIpc) is 2.14. The standard InChI is InChI=1S/C12H20N2O/c1-10(2)9-13-5-7-14-6-4-11(3)8-12(14)15/h4,6,8,10,13H,5,7,9H2,1-3H3. The summed E-state index contributed by atoms with van der Waals surface area (Å²) in [4.78, 5) is 11.5. The maximum absolute atomic E-state index is 11.5. The van der Waals surface area contributed by atoms with Gasteiger partial charge in [0.05, 0.1) is 0 Å². The molecule has 0 atom stereocenters. The molecule has 0 amide bonds. The van der Waals surface area contributed by atoms with Crippen LogP contribution in [0.25, 0.3) is 0 Å². The molecule has 1 N–H and O–H groups in total. The van der Waals surface area contributed by atoms with Crippen LogP contribution in [0.4, 0.5) is 0 Å². The van der Waals surface area contributed by atoms with Crippen LogP contribution < -0.4 is 10.9 Å². The van der Waals surface area contributed by atoms with Crippen LogP contribution in [0.1, 0.15) is 19.4 Å². The summed E-state index contributed by atoms with van der Waals surface area (Å²) in [6.07, 6.45) is 1.86. The Hall–Kier alpha value is -1.09. The van der Waals surface area contributed by atoms with Gasteiger partial charge in [-0.25, -0.2) is 0 Å². The first-order valence-electron chi connectivity index (χ1n) is 5.47. The number of aromatic nitrogens is 1. The third kappa shape index (κ3) is 4.30. The predicted molar refractivity (Wildman–Crippen MR) is 63.1 cm³/mol. The number of nitrogens with one attached hydrogen (secondary N) is 1. The van der Waals surface area contributed by atoms with Crippen molar-refractivity contribution in [3.8, 4) is 0 Å². The van der Waals surface area contributed by atoms with E-state index in [-0.39, 0.29) is 5.56 Å². The van der Waals surface area contributed by atoms with E-state index in [1.54, 1.807) is 10.6 Å². The molecule has 84 valence electrons. The Morgan fingerprint density at radius 2 is 2.20 bits per heavy atom. The van der Waals surface area contributed by atoms with E-state index in [4.69, 9.17) is 0 Å². The molecule has 0 saturated carbocycles. The Kier molecular flexibility index (Phi) is 4.56. The molecule has 1 rings (SSSR count). The first-order chi connectivity index (χ1) is 7.09. The van der Waals surface area contributed by atoms with Gasteiger partial charge in [-0.05, 0) is 31.0 Å². The Morgan fingerprint density at radius 1 is 1.47 bits per heavy atom. The van der Waals surface area contributed by atoms with Crippen molar-refractivity contribution in [1.29, 1.82) is 0 Å². The Morgan fingerprint density at radius 3 is 2.80 bits per heavy atom. The molecule has 1 aromatic rings. The van der Waals surface area contributed by atoms with Crippen molar-refractivity contribution < 1.29 is 0 Å². The lowest BCUT2D eigenvalue weighted by Gasteiger charge is -2.09. The molecule has 0 aliphatic rings. The van der Waals surface area contributed by atoms with Gasteiger partial charge in [0, 0.05) is 25.4 Å². The molecule has 0 unspecified atom stereocenters. The SMILES string of the molecule is Cc1ccn(CCNCC(C)C)c(=O)c1.